The maximum atomic E-state index is 12.9. The fraction of sp³-hybridized carbons (Fsp3) is 0.586. The Kier molecular flexibility index (Phi) is 8.53. The van der Waals surface area contributed by atoms with Gasteiger partial charge in [-0.05, 0) is 40.2 Å². The van der Waals surface area contributed by atoms with Crippen LogP contribution in [0.4, 0.5) is 0 Å². The van der Waals surface area contributed by atoms with Crippen molar-refractivity contribution >= 4 is 11.9 Å². The normalized spacial score (nSPS) is 30.2. The quantitative estimate of drug-likeness (QED) is 0.308. The second-order valence-electron chi connectivity index (χ2n) is 11.0. The molecule has 8 heteroatoms. The molecule has 3 fully saturated rings. The molecule has 8 nitrogen and oxygen atoms in total. The van der Waals surface area contributed by atoms with E-state index in [2.05, 4.69) is 44.3 Å². The number of benzene rings is 1. The average molecular weight is 514 g/mol. The maximum absolute atomic E-state index is 12.9. The van der Waals surface area contributed by atoms with Crippen LogP contribution in [-0.4, -0.2) is 55.4 Å². The number of esters is 1. The predicted molar refractivity (Wildman–Crippen MR) is 138 cm³/mol. The molecule has 1 aromatic rings. The van der Waals surface area contributed by atoms with Gasteiger partial charge in [0.25, 0.3) is 5.91 Å². The molecule has 1 amide bonds. The van der Waals surface area contributed by atoms with Crippen LogP contribution in [-0.2, 0) is 28.5 Å². The topological polar surface area (TPSA) is 95.6 Å². The minimum Gasteiger partial charge on any atom is -0.458 e. The second-order valence-corrected chi connectivity index (χ2v) is 11.0. The molecular weight excluding hydrogens is 474 g/mol. The Morgan fingerprint density at radius 3 is 2.57 bits per heavy atom. The molecule has 0 aromatic heterocycles. The number of hydrogen-bond donors (Lipinski definition) is 1. The minimum atomic E-state index is -0.824. The van der Waals surface area contributed by atoms with Gasteiger partial charge in [-0.2, -0.15) is 0 Å². The third-order valence-electron chi connectivity index (χ3n) is 6.89. The Morgan fingerprint density at radius 2 is 1.89 bits per heavy atom. The lowest BCUT2D eigenvalue weighted by molar-refractivity contribution is -0.208. The highest BCUT2D eigenvalue weighted by molar-refractivity contribution is 5.95. The number of epoxide rings is 1. The first kappa shape index (κ1) is 27.5. The Hall–Kier alpha value is -2.52. The molecule has 1 spiro atoms. The van der Waals surface area contributed by atoms with Crippen molar-refractivity contribution in [1.82, 2.24) is 5.32 Å². The molecule has 1 N–H and O–H groups in total. The van der Waals surface area contributed by atoms with Crippen LogP contribution < -0.4 is 5.32 Å². The summed E-state index contributed by atoms with van der Waals surface area (Å²) in [6, 6.07) is 7.02. The van der Waals surface area contributed by atoms with Gasteiger partial charge in [0.2, 0.25) is 6.41 Å². The molecule has 3 heterocycles. The Morgan fingerprint density at radius 1 is 1.19 bits per heavy atom. The zero-order valence-corrected chi connectivity index (χ0v) is 22.5. The van der Waals surface area contributed by atoms with E-state index < -0.39 is 18.5 Å². The molecule has 0 radical (unpaired) electrons. The van der Waals surface area contributed by atoms with E-state index in [4.69, 9.17) is 23.7 Å². The highest BCUT2D eigenvalue weighted by Crippen LogP contribution is 2.46. The van der Waals surface area contributed by atoms with Crippen LogP contribution in [0.25, 0.3) is 0 Å². The zero-order chi connectivity index (χ0) is 26.6. The van der Waals surface area contributed by atoms with Crippen molar-refractivity contribution in [3.05, 3.63) is 59.2 Å². The molecule has 0 unspecified atom stereocenters. The van der Waals surface area contributed by atoms with Gasteiger partial charge in [0.1, 0.15) is 6.10 Å². The van der Waals surface area contributed by atoms with Crippen molar-refractivity contribution in [3.8, 4) is 0 Å². The summed E-state index contributed by atoms with van der Waals surface area (Å²) < 4.78 is 28.7. The van der Waals surface area contributed by atoms with Gasteiger partial charge in [-0.1, -0.05) is 42.0 Å². The van der Waals surface area contributed by atoms with Gasteiger partial charge in [-0.3, -0.25) is 9.59 Å². The fourth-order valence-electron chi connectivity index (χ4n) is 5.13. The number of carbonyl (C=O) groups is 2. The Labute approximate surface area is 219 Å². The summed E-state index contributed by atoms with van der Waals surface area (Å²) in [7, 11) is 0. The largest absolute Gasteiger partial charge is 0.458 e. The van der Waals surface area contributed by atoms with E-state index in [1.807, 2.05) is 0 Å². The third-order valence-corrected chi connectivity index (χ3v) is 6.89. The molecule has 3 atom stereocenters. The van der Waals surface area contributed by atoms with E-state index in [1.165, 1.54) is 6.92 Å². The number of ether oxygens (including phenoxy) is 5. The van der Waals surface area contributed by atoms with E-state index in [0.717, 1.165) is 31.4 Å². The van der Waals surface area contributed by atoms with Crippen LogP contribution >= 0.6 is 0 Å². The summed E-state index contributed by atoms with van der Waals surface area (Å²) in [5, 5.41) is 2.77. The number of nitrogens with one attached hydrogen (secondary N) is 1. The molecule has 3 aliphatic heterocycles. The van der Waals surface area contributed by atoms with E-state index in [0.29, 0.717) is 24.3 Å². The van der Waals surface area contributed by atoms with Crippen LogP contribution in [0.15, 0.2) is 48.1 Å². The smallest absolute Gasteiger partial charge is 0.303 e. The number of hydrogen-bond acceptors (Lipinski definition) is 7. The molecule has 37 heavy (non-hydrogen) atoms. The van der Waals surface area contributed by atoms with Crippen LogP contribution in [0.5, 0.6) is 0 Å². The van der Waals surface area contributed by atoms with Gasteiger partial charge >= 0.3 is 5.97 Å². The first-order valence-corrected chi connectivity index (χ1v) is 13.0. The second kappa shape index (κ2) is 11.5. The van der Waals surface area contributed by atoms with Gasteiger partial charge in [-0.25, -0.2) is 0 Å². The van der Waals surface area contributed by atoms with Crippen LogP contribution in [0.1, 0.15) is 75.9 Å². The Balaban J connectivity index is 1.23. The fourth-order valence-corrected chi connectivity index (χ4v) is 5.13. The predicted octanol–water partition coefficient (Wildman–Crippen LogP) is 4.61. The van der Waals surface area contributed by atoms with Gasteiger partial charge in [0.15, 0.2) is 0 Å². The average Bonchev–Trinajstić information content (AvgIpc) is 3.58. The van der Waals surface area contributed by atoms with Gasteiger partial charge in [0, 0.05) is 36.8 Å². The lowest BCUT2D eigenvalue weighted by atomic mass is 9.85. The standard InChI is InChI=1S/C29H39NO7/c1-19(11-13-23-14-29(18-35-29)17-28(4,5)37-23)10-12-22-15-33-27(34-16-22)30-26(32)25-9-7-6-8-24(25)20(2)36-21(3)31/h6-11,13,20,22-23,27H,12,14-18H2,1-5H3,(H,30,32)/b13-11+,19-10+/t20-,22?,23+,27?,29+/m0/s1. The summed E-state index contributed by atoms with van der Waals surface area (Å²) in [5.41, 5.74) is 2.04. The molecule has 1 aromatic carbocycles. The van der Waals surface area contributed by atoms with Gasteiger partial charge in [0.05, 0.1) is 37.1 Å². The van der Waals surface area contributed by atoms with Crippen LogP contribution in [0.2, 0.25) is 0 Å². The summed E-state index contributed by atoms with van der Waals surface area (Å²) in [5.74, 6) is -0.550. The SMILES string of the molecule is CC(=O)O[C@@H](C)c1ccccc1C(=O)NC1OCC(C/C=C(C)/C=C/[C@@H]2C[C@]3(CO3)CC(C)(C)O2)CO1. The first-order valence-electron chi connectivity index (χ1n) is 13.0. The lowest BCUT2D eigenvalue weighted by Gasteiger charge is -2.38. The molecule has 202 valence electrons. The minimum absolute atomic E-state index is 0.0137. The molecule has 3 saturated heterocycles. The van der Waals surface area contributed by atoms with Crippen molar-refractivity contribution in [2.45, 2.75) is 83.7 Å². The molecule has 0 aliphatic carbocycles. The molecule has 0 saturated carbocycles. The number of carbonyl (C=O) groups excluding carboxylic acids is 2. The van der Waals surface area contributed by atoms with E-state index in [-0.39, 0.29) is 29.1 Å². The first-order chi connectivity index (χ1) is 17.5. The lowest BCUT2D eigenvalue weighted by Crippen LogP contribution is -2.44. The maximum Gasteiger partial charge on any atom is 0.303 e. The number of amides is 1. The number of allylic oxidation sites excluding steroid dienone is 3. The Bertz CT molecular complexity index is 1030. The van der Waals surface area contributed by atoms with Crippen LogP contribution in [0.3, 0.4) is 0 Å². The highest BCUT2D eigenvalue weighted by Gasteiger charge is 2.53. The highest BCUT2D eigenvalue weighted by atomic mass is 16.7. The van der Waals surface area contributed by atoms with Crippen molar-refractivity contribution in [2.75, 3.05) is 19.8 Å². The third kappa shape index (κ3) is 7.74. The molecular formula is C29H39NO7. The van der Waals surface area contributed by atoms with Crippen LogP contribution in [0, 0.1) is 5.92 Å². The summed E-state index contributed by atoms with van der Waals surface area (Å²) in [4.78, 5) is 24.2. The van der Waals surface area contributed by atoms with E-state index in [9.17, 15) is 9.59 Å². The van der Waals surface area contributed by atoms with Crippen molar-refractivity contribution in [2.24, 2.45) is 5.92 Å². The van der Waals surface area contributed by atoms with Crippen molar-refractivity contribution < 1.29 is 33.3 Å². The number of rotatable bonds is 8. The van der Waals surface area contributed by atoms with Crippen molar-refractivity contribution in [3.63, 3.8) is 0 Å². The summed E-state index contributed by atoms with van der Waals surface area (Å²) >= 11 is 0. The van der Waals surface area contributed by atoms with E-state index >= 15 is 0 Å². The zero-order valence-electron chi connectivity index (χ0n) is 22.5. The molecule has 0 bridgehead atoms. The molecule has 4 rings (SSSR count). The monoisotopic (exact) mass is 513 g/mol. The summed E-state index contributed by atoms with van der Waals surface area (Å²) in [6.45, 7) is 11.2. The van der Waals surface area contributed by atoms with Gasteiger partial charge < -0.3 is 29.0 Å². The van der Waals surface area contributed by atoms with Crippen molar-refractivity contribution in [1.29, 1.82) is 0 Å². The summed E-state index contributed by atoms with van der Waals surface area (Å²) in [6.07, 6.45) is 7.78. The molecule has 3 aliphatic rings. The van der Waals surface area contributed by atoms with Gasteiger partial charge in [-0.15, -0.1) is 0 Å². The van der Waals surface area contributed by atoms with E-state index in [1.54, 1.807) is 31.2 Å².